The van der Waals surface area contributed by atoms with Crippen LogP contribution >= 0.6 is 0 Å². The van der Waals surface area contributed by atoms with Gasteiger partial charge >= 0.3 is 0 Å². The molecule has 1 amide bonds. The first-order valence-corrected chi connectivity index (χ1v) is 14.5. The quantitative estimate of drug-likeness (QED) is 0.534. The number of carbonyl (C=O) groups excluding carboxylic acids is 2. The number of rotatable bonds is 5. The fourth-order valence-electron chi connectivity index (χ4n) is 11.0. The van der Waals surface area contributed by atoms with Gasteiger partial charge in [0.15, 0.2) is 0 Å². The van der Waals surface area contributed by atoms with E-state index in [9.17, 15) is 19.8 Å². The van der Waals surface area contributed by atoms with Gasteiger partial charge in [0.1, 0.15) is 5.78 Å². The molecule has 3 N–H and O–H groups in total. The fraction of sp³-hybridized carbons (Fsp3) is 0.933. The molecule has 2 unspecified atom stereocenters. The van der Waals surface area contributed by atoms with Gasteiger partial charge in [-0.25, -0.2) is 0 Å². The number of amides is 1. The summed E-state index contributed by atoms with van der Waals surface area (Å²) in [5.74, 6) is 0.982. The van der Waals surface area contributed by atoms with E-state index in [0.717, 1.165) is 38.5 Å². The Morgan fingerprint density at radius 1 is 1.08 bits per heavy atom. The summed E-state index contributed by atoms with van der Waals surface area (Å²) >= 11 is 0. The number of hydrogen-bond acceptors (Lipinski definition) is 5. The molecule has 0 radical (unpaired) electrons. The molecule has 5 rings (SSSR count). The molecule has 5 aliphatic carbocycles. The summed E-state index contributed by atoms with van der Waals surface area (Å²) in [6, 6.07) is 0.149. The van der Waals surface area contributed by atoms with Gasteiger partial charge in [-0.05, 0) is 87.6 Å². The molecule has 0 heterocycles. The third-order valence-corrected chi connectivity index (χ3v) is 13.2. The van der Waals surface area contributed by atoms with Crippen LogP contribution in [0.2, 0.25) is 0 Å². The lowest BCUT2D eigenvalue weighted by atomic mass is 9.41. The number of nitrogens with zero attached hydrogens (tertiary/aromatic N) is 1. The van der Waals surface area contributed by atoms with Crippen molar-refractivity contribution in [2.45, 2.75) is 105 Å². The van der Waals surface area contributed by atoms with Gasteiger partial charge in [0.2, 0.25) is 5.91 Å². The van der Waals surface area contributed by atoms with Crippen LogP contribution in [-0.2, 0) is 9.59 Å². The smallest absolute Gasteiger partial charge is 0.222 e. The molecule has 6 heteroatoms. The third-order valence-electron chi connectivity index (χ3n) is 13.2. The SMILES string of the molecule is CC(C)C(=O)N[C@H]1CCC23C[C@]24C(=O)C[C@]2(C)[C@@H](C(C)N(C)C)[C@H](O)C[C@@]2(C)[C@@H]4CC[C@H]3[C@]1(C)CO. The first-order valence-electron chi connectivity index (χ1n) is 14.5. The molecule has 0 aromatic rings. The maximum absolute atomic E-state index is 14.4. The van der Waals surface area contributed by atoms with E-state index in [1.807, 2.05) is 13.8 Å². The van der Waals surface area contributed by atoms with Crippen LogP contribution in [0.1, 0.15) is 86.5 Å². The Bertz CT molecular complexity index is 951. The summed E-state index contributed by atoms with van der Waals surface area (Å²) in [5.41, 5.74) is -1.10. The molecular formula is C30H50N2O4. The maximum Gasteiger partial charge on any atom is 0.222 e. The number of aliphatic hydroxyl groups excluding tert-OH is 2. The van der Waals surface area contributed by atoms with Crippen molar-refractivity contribution < 1.29 is 19.8 Å². The number of nitrogens with one attached hydrogen (secondary N) is 1. The molecule has 2 spiro atoms. The topological polar surface area (TPSA) is 89.9 Å². The number of hydrogen-bond donors (Lipinski definition) is 3. The molecule has 5 fully saturated rings. The van der Waals surface area contributed by atoms with Gasteiger partial charge < -0.3 is 20.4 Å². The summed E-state index contributed by atoms with van der Waals surface area (Å²) in [6.45, 7) is 12.9. The lowest BCUT2D eigenvalue weighted by molar-refractivity contribution is -0.173. The van der Waals surface area contributed by atoms with E-state index in [1.54, 1.807) is 0 Å². The van der Waals surface area contributed by atoms with Crippen LogP contribution in [0.4, 0.5) is 0 Å². The van der Waals surface area contributed by atoms with Crippen molar-refractivity contribution in [3.8, 4) is 0 Å². The summed E-state index contributed by atoms with van der Waals surface area (Å²) in [7, 11) is 4.16. The van der Waals surface area contributed by atoms with Crippen LogP contribution in [0.25, 0.3) is 0 Å². The van der Waals surface area contributed by atoms with E-state index in [-0.39, 0.29) is 69.9 Å². The largest absolute Gasteiger partial charge is 0.396 e. The third kappa shape index (κ3) is 2.96. The molecule has 204 valence electrons. The lowest BCUT2D eigenvalue weighted by Crippen LogP contribution is -2.64. The Balaban J connectivity index is 1.51. The van der Waals surface area contributed by atoms with Crippen molar-refractivity contribution in [1.82, 2.24) is 10.2 Å². The molecule has 11 atom stereocenters. The van der Waals surface area contributed by atoms with Crippen LogP contribution in [0.15, 0.2) is 0 Å². The highest BCUT2D eigenvalue weighted by atomic mass is 16.3. The minimum absolute atomic E-state index is 0.0352. The first-order chi connectivity index (χ1) is 16.7. The van der Waals surface area contributed by atoms with Crippen molar-refractivity contribution >= 4 is 11.7 Å². The molecule has 5 saturated carbocycles. The van der Waals surface area contributed by atoms with E-state index in [2.05, 4.69) is 52.0 Å². The van der Waals surface area contributed by atoms with Gasteiger partial charge in [0.05, 0.1) is 12.7 Å². The number of Topliss-reactive ketones (excluding diaryl/α,β-unsaturated/α-hetero) is 1. The monoisotopic (exact) mass is 502 g/mol. The molecule has 0 aromatic carbocycles. The average molecular weight is 503 g/mol. The van der Waals surface area contributed by atoms with Gasteiger partial charge in [0.25, 0.3) is 0 Å². The molecule has 5 aliphatic rings. The van der Waals surface area contributed by atoms with E-state index >= 15 is 0 Å². The first kappa shape index (κ1) is 26.6. The summed E-state index contributed by atoms with van der Waals surface area (Å²) in [4.78, 5) is 29.2. The van der Waals surface area contributed by atoms with Crippen molar-refractivity contribution in [1.29, 1.82) is 0 Å². The number of ketones is 1. The highest BCUT2D eigenvalue weighted by Crippen LogP contribution is 2.87. The predicted molar refractivity (Wildman–Crippen MR) is 140 cm³/mol. The van der Waals surface area contributed by atoms with Crippen molar-refractivity contribution in [3.63, 3.8) is 0 Å². The highest BCUT2D eigenvalue weighted by Gasteiger charge is 2.86. The fourth-order valence-corrected chi connectivity index (χ4v) is 11.0. The van der Waals surface area contributed by atoms with Gasteiger partial charge in [0, 0.05) is 41.2 Å². The van der Waals surface area contributed by atoms with E-state index < -0.39 is 11.5 Å². The maximum atomic E-state index is 14.4. The average Bonchev–Trinajstić information content (AvgIpc) is 3.44. The van der Waals surface area contributed by atoms with Crippen LogP contribution in [-0.4, -0.2) is 65.7 Å². The number of aliphatic hydroxyl groups is 2. The Hall–Kier alpha value is -0.980. The Kier molecular flexibility index (Phi) is 5.93. The van der Waals surface area contributed by atoms with Gasteiger partial charge in [-0.15, -0.1) is 0 Å². The second-order valence-corrected chi connectivity index (χ2v) is 14.8. The minimum atomic E-state index is -0.420. The molecule has 0 aromatic heterocycles. The zero-order chi connectivity index (χ0) is 26.6. The summed E-state index contributed by atoms with van der Waals surface area (Å²) < 4.78 is 0. The lowest BCUT2D eigenvalue weighted by Gasteiger charge is -2.63. The van der Waals surface area contributed by atoms with E-state index in [4.69, 9.17) is 0 Å². The summed E-state index contributed by atoms with van der Waals surface area (Å²) in [6.07, 6.45) is 5.60. The van der Waals surface area contributed by atoms with Crippen molar-refractivity contribution in [2.24, 2.45) is 50.7 Å². The van der Waals surface area contributed by atoms with Crippen LogP contribution < -0.4 is 5.32 Å². The standard InChI is InChI=1S/C30H50N2O4/c1-17(2)25(36)31-22-11-12-29-15-30(29)21(10-9-20(29)26(22,4)16-33)27(5)13-19(34)24(18(3)32(7)8)28(27,6)14-23(30)35/h17-22,24,33-34H,9-16H2,1-8H3,(H,31,36)/t18?,19-,20+,21+,22+,24+,26+,27+,28-,29?,30+/m1/s1. The van der Waals surface area contributed by atoms with Crippen LogP contribution in [0, 0.1) is 50.7 Å². The normalized spacial score (nSPS) is 52.3. The minimum Gasteiger partial charge on any atom is -0.396 e. The Morgan fingerprint density at radius 2 is 1.72 bits per heavy atom. The second kappa shape index (κ2) is 8.02. The van der Waals surface area contributed by atoms with Crippen LogP contribution in [0.5, 0.6) is 0 Å². The van der Waals surface area contributed by atoms with Crippen molar-refractivity contribution in [3.05, 3.63) is 0 Å². The second-order valence-electron chi connectivity index (χ2n) is 14.8. The molecule has 36 heavy (non-hydrogen) atoms. The number of carbonyl (C=O) groups is 2. The zero-order valence-electron chi connectivity index (χ0n) is 23.9. The number of fused-ring (bicyclic) bond motifs is 2. The van der Waals surface area contributed by atoms with Gasteiger partial charge in [-0.2, -0.15) is 0 Å². The van der Waals surface area contributed by atoms with E-state index in [1.165, 1.54) is 0 Å². The Morgan fingerprint density at radius 3 is 2.31 bits per heavy atom. The molecule has 0 aliphatic heterocycles. The molecular weight excluding hydrogens is 452 g/mol. The molecule has 0 bridgehead atoms. The predicted octanol–water partition coefficient (Wildman–Crippen LogP) is 3.64. The summed E-state index contributed by atoms with van der Waals surface area (Å²) in [5, 5.41) is 25.5. The van der Waals surface area contributed by atoms with Crippen molar-refractivity contribution in [2.75, 3.05) is 20.7 Å². The zero-order valence-corrected chi connectivity index (χ0v) is 23.9. The highest BCUT2D eigenvalue weighted by molar-refractivity contribution is 5.92. The molecule has 6 nitrogen and oxygen atoms in total. The van der Waals surface area contributed by atoms with E-state index in [0.29, 0.717) is 12.2 Å². The van der Waals surface area contributed by atoms with Gasteiger partial charge in [-0.3, -0.25) is 9.59 Å². The van der Waals surface area contributed by atoms with Crippen LogP contribution in [0.3, 0.4) is 0 Å². The Labute approximate surface area is 218 Å². The van der Waals surface area contributed by atoms with Gasteiger partial charge in [-0.1, -0.05) is 34.6 Å². The molecule has 0 saturated heterocycles.